The van der Waals surface area contributed by atoms with Gasteiger partial charge in [0.05, 0.1) is 13.7 Å². The molecule has 3 aromatic carbocycles. The maximum atomic E-state index is 14.0. The number of esters is 1. The van der Waals surface area contributed by atoms with Crippen LogP contribution in [0.15, 0.2) is 91.0 Å². The van der Waals surface area contributed by atoms with Gasteiger partial charge in [0.1, 0.15) is 12.4 Å². The highest BCUT2D eigenvalue weighted by atomic mass is 31.2. The molecule has 0 spiro atoms. The van der Waals surface area contributed by atoms with Crippen molar-refractivity contribution < 1.29 is 32.7 Å². The molecule has 1 amide bonds. The number of methoxy groups -OCH3 is 1. The van der Waals surface area contributed by atoms with Gasteiger partial charge in [0.15, 0.2) is 6.61 Å². The van der Waals surface area contributed by atoms with Gasteiger partial charge in [0.2, 0.25) is 0 Å². The molecule has 0 aromatic heterocycles. The lowest BCUT2D eigenvalue weighted by molar-refractivity contribution is -0.143. The van der Waals surface area contributed by atoms with E-state index in [9.17, 15) is 14.2 Å². The predicted octanol–water partition coefficient (Wildman–Crippen LogP) is 5.08. The summed E-state index contributed by atoms with van der Waals surface area (Å²) in [6.45, 7) is -0.622. The van der Waals surface area contributed by atoms with Crippen LogP contribution in [0.2, 0.25) is 0 Å². The molecule has 0 aliphatic carbocycles. The van der Waals surface area contributed by atoms with Gasteiger partial charge in [-0.05, 0) is 16.7 Å². The number of carbonyl (C=O) groups is 2. The summed E-state index contributed by atoms with van der Waals surface area (Å²) in [4.78, 5) is 24.4. The van der Waals surface area contributed by atoms with E-state index in [1.807, 2.05) is 78.9 Å². The van der Waals surface area contributed by atoms with Crippen molar-refractivity contribution in [1.82, 2.24) is 5.32 Å². The van der Waals surface area contributed by atoms with Crippen molar-refractivity contribution in [2.45, 2.75) is 25.4 Å². The zero-order chi connectivity index (χ0) is 24.9. The summed E-state index contributed by atoms with van der Waals surface area (Å²) in [5.41, 5.74) is 2.33. The molecule has 0 bridgehead atoms. The van der Waals surface area contributed by atoms with Crippen LogP contribution in [-0.4, -0.2) is 31.6 Å². The molecule has 3 aromatic rings. The molecule has 9 heteroatoms. The Hall–Kier alpha value is -3.45. The van der Waals surface area contributed by atoms with E-state index in [1.54, 1.807) is 12.1 Å². The number of benzene rings is 3. The highest BCUT2D eigenvalue weighted by Crippen LogP contribution is 2.53. The maximum Gasteiger partial charge on any atom is 0.408 e. The first-order valence-electron chi connectivity index (χ1n) is 11.0. The van der Waals surface area contributed by atoms with Crippen molar-refractivity contribution in [1.29, 1.82) is 0 Å². The summed E-state index contributed by atoms with van der Waals surface area (Å²) in [5.74, 6) is -1.85. The Morgan fingerprint density at radius 2 is 1.29 bits per heavy atom. The van der Waals surface area contributed by atoms with Crippen LogP contribution in [-0.2, 0) is 47.5 Å². The first-order chi connectivity index (χ1) is 17.0. The second-order valence-electron chi connectivity index (χ2n) is 7.56. The van der Waals surface area contributed by atoms with Gasteiger partial charge in [-0.25, -0.2) is 9.59 Å². The zero-order valence-corrected chi connectivity index (χ0v) is 20.3. The molecule has 1 N–H and O–H groups in total. The lowest BCUT2D eigenvalue weighted by Gasteiger charge is -2.27. The van der Waals surface area contributed by atoms with E-state index in [2.05, 4.69) is 10.1 Å². The fraction of sp³-hybridized carbons (Fsp3) is 0.231. The molecule has 0 heterocycles. The lowest BCUT2D eigenvalue weighted by atomic mass is 10.1. The minimum Gasteiger partial charge on any atom is -0.467 e. The average molecular weight is 497 g/mol. The molecule has 1 unspecified atom stereocenters. The maximum absolute atomic E-state index is 14.0. The molecule has 3 rings (SSSR count). The summed E-state index contributed by atoms with van der Waals surface area (Å²) >= 11 is 0. The second kappa shape index (κ2) is 13.4. The predicted molar refractivity (Wildman–Crippen MR) is 131 cm³/mol. The van der Waals surface area contributed by atoms with Crippen LogP contribution in [0.4, 0.5) is 4.79 Å². The normalized spacial score (nSPS) is 13.3. The van der Waals surface area contributed by atoms with Crippen LogP contribution in [0, 0.1) is 0 Å². The highest BCUT2D eigenvalue weighted by molar-refractivity contribution is 7.54. The van der Waals surface area contributed by atoms with Gasteiger partial charge in [0, 0.05) is 6.42 Å². The van der Waals surface area contributed by atoms with Gasteiger partial charge in [-0.3, -0.25) is 9.09 Å². The van der Waals surface area contributed by atoms with Crippen LogP contribution in [0.3, 0.4) is 0 Å². The average Bonchev–Trinajstić information content (AvgIpc) is 2.91. The van der Waals surface area contributed by atoms with Crippen molar-refractivity contribution >= 4 is 19.7 Å². The van der Waals surface area contributed by atoms with Gasteiger partial charge in [0.25, 0.3) is 0 Å². The van der Waals surface area contributed by atoms with Crippen LogP contribution in [0.25, 0.3) is 0 Å². The molecule has 8 nitrogen and oxygen atoms in total. The quantitative estimate of drug-likeness (QED) is 0.275. The monoisotopic (exact) mass is 497 g/mol. The largest absolute Gasteiger partial charge is 0.467 e. The van der Waals surface area contributed by atoms with Crippen molar-refractivity contribution in [3.63, 3.8) is 0 Å². The number of amides is 1. The van der Waals surface area contributed by atoms with Crippen LogP contribution < -0.4 is 5.32 Å². The number of hydrogen-bond acceptors (Lipinski definition) is 7. The standard InChI is InChI=1S/C26H28NO7P/c1-31-25(28)20-34-35(30,33-19-23-15-9-4-10-16-23)24(17-21-11-5-2-6-12-21)27-26(29)32-18-22-13-7-3-8-14-22/h2-16,24H,17-20H2,1H3,(H,27,29)/t24-,35?/m0/s1. The van der Waals surface area contributed by atoms with Crippen LogP contribution in [0.1, 0.15) is 16.7 Å². The molecule has 184 valence electrons. The molecule has 35 heavy (non-hydrogen) atoms. The smallest absolute Gasteiger partial charge is 0.408 e. The third-order valence-corrected chi connectivity index (χ3v) is 7.05. The Balaban J connectivity index is 1.80. The van der Waals surface area contributed by atoms with Crippen molar-refractivity contribution in [3.05, 3.63) is 108 Å². The van der Waals surface area contributed by atoms with Gasteiger partial charge >= 0.3 is 19.7 Å². The fourth-order valence-electron chi connectivity index (χ4n) is 3.14. The Morgan fingerprint density at radius 1 is 0.771 bits per heavy atom. The molecule has 0 radical (unpaired) electrons. The third-order valence-electron chi connectivity index (χ3n) is 4.99. The topological polar surface area (TPSA) is 100 Å². The minimum absolute atomic E-state index is 0.0307. The van der Waals surface area contributed by atoms with E-state index in [-0.39, 0.29) is 19.6 Å². The van der Waals surface area contributed by atoms with E-state index < -0.39 is 32.0 Å². The molecular weight excluding hydrogens is 469 g/mol. The molecule has 0 fully saturated rings. The summed E-state index contributed by atoms with van der Waals surface area (Å²) in [6, 6.07) is 27.4. The molecule has 0 aliphatic heterocycles. The van der Waals surface area contributed by atoms with Crippen LogP contribution >= 0.6 is 7.60 Å². The number of carbonyl (C=O) groups excluding carboxylic acids is 2. The Bertz CT molecular complexity index is 1110. The van der Waals surface area contributed by atoms with Crippen molar-refractivity contribution in [3.8, 4) is 0 Å². The van der Waals surface area contributed by atoms with E-state index in [4.69, 9.17) is 13.8 Å². The zero-order valence-electron chi connectivity index (χ0n) is 19.4. The Labute approximate surface area is 204 Å². The Kier molecular flexibility index (Phi) is 10.0. The summed E-state index contributed by atoms with van der Waals surface area (Å²) < 4.78 is 35.2. The molecule has 0 saturated carbocycles. The van der Waals surface area contributed by atoms with Crippen LogP contribution in [0.5, 0.6) is 0 Å². The number of nitrogens with one attached hydrogen (secondary N) is 1. The van der Waals surface area contributed by atoms with Crippen molar-refractivity contribution in [2.24, 2.45) is 0 Å². The van der Waals surface area contributed by atoms with E-state index in [0.29, 0.717) is 0 Å². The highest BCUT2D eigenvalue weighted by Gasteiger charge is 2.39. The lowest BCUT2D eigenvalue weighted by Crippen LogP contribution is -2.38. The van der Waals surface area contributed by atoms with E-state index >= 15 is 0 Å². The Morgan fingerprint density at radius 3 is 1.83 bits per heavy atom. The molecule has 0 saturated heterocycles. The van der Waals surface area contributed by atoms with Crippen molar-refractivity contribution in [2.75, 3.05) is 13.7 Å². The molecular formula is C26H28NO7P. The first-order valence-corrected chi connectivity index (χ1v) is 12.6. The summed E-state index contributed by atoms with van der Waals surface area (Å²) in [6.07, 6.45) is -0.672. The minimum atomic E-state index is -4.09. The molecule has 2 atom stereocenters. The number of hydrogen-bond donors (Lipinski definition) is 1. The summed E-state index contributed by atoms with van der Waals surface area (Å²) in [5, 5.41) is 2.63. The van der Waals surface area contributed by atoms with Gasteiger partial charge < -0.3 is 19.3 Å². The first kappa shape index (κ1) is 26.2. The van der Waals surface area contributed by atoms with E-state index in [0.717, 1.165) is 16.7 Å². The molecule has 0 aliphatic rings. The third kappa shape index (κ3) is 8.68. The summed E-state index contributed by atoms with van der Waals surface area (Å²) in [7, 11) is -2.89. The number of ether oxygens (including phenoxy) is 2. The fourth-order valence-corrected chi connectivity index (χ4v) is 4.88. The van der Waals surface area contributed by atoms with E-state index in [1.165, 1.54) is 7.11 Å². The van der Waals surface area contributed by atoms with Gasteiger partial charge in [-0.1, -0.05) is 91.0 Å². The second-order valence-corrected chi connectivity index (χ2v) is 9.78. The number of alkyl carbamates (subject to hydrolysis) is 1. The van der Waals surface area contributed by atoms with Gasteiger partial charge in [-0.15, -0.1) is 0 Å². The SMILES string of the molecule is COC(=O)COP(=O)(OCc1ccccc1)[C@@H](Cc1ccccc1)NC(=O)OCc1ccccc1. The van der Waals surface area contributed by atoms with Gasteiger partial charge in [-0.2, -0.15) is 0 Å². The number of rotatable bonds is 12.